The number of halogens is 1. The van der Waals surface area contributed by atoms with Gasteiger partial charge in [0.15, 0.2) is 0 Å². The van der Waals surface area contributed by atoms with Crippen LogP contribution in [0.5, 0.6) is 0 Å². The zero-order valence-electron chi connectivity index (χ0n) is 11.6. The Morgan fingerprint density at radius 3 is 2.40 bits per heavy atom. The molecular formula is C15H19BrN2O2. The number of likely N-dealkylation sites (tertiary alicyclic amines) is 1. The lowest BCUT2D eigenvalue weighted by Crippen LogP contribution is -2.46. The third kappa shape index (κ3) is 4.34. The van der Waals surface area contributed by atoms with Crippen LogP contribution in [-0.2, 0) is 16.0 Å². The van der Waals surface area contributed by atoms with Gasteiger partial charge in [-0.05, 0) is 30.5 Å². The van der Waals surface area contributed by atoms with Gasteiger partial charge in [-0.25, -0.2) is 0 Å². The Bertz CT molecular complexity index is 479. The van der Waals surface area contributed by atoms with Crippen LogP contribution in [0.2, 0.25) is 0 Å². The zero-order chi connectivity index (χ0) is 14.5. The first kappa shape index (κ1) is 15.0. The van der Waals surface area contributed by atoms with Crippen LogP contribution in [0.1, 0.15) is 25.3 Å². The molecule has 1 saturated heterocycles. The molecule has 1 N–H and O–H groups in total. The Hall–Kier alpha value is -1.36. The van der Waals surface area contributed by atoms with Crippen LogP contribution in [0.3, 0.4) is 0 Å². The molecule has 0 radical (unpaired) electrons. The van der Waals surface area contributed by atoms with E-state index in [1.54, 1.807) is 6.92 Å². The molecule has 20 heavy (non-hydrogen) atoms. The first-order valence-corrected chi connectivity index (χ1v) is 7.63. The van der Waals surface area contributed by atoms with Crippen molar-refractivity contribution in [2.24, 2.45) is 0 Å². The number of piperidine rings is 1. The predicted molar refractivity (Wildman–Crippen MR) is 81.3 cm³/mol. The fourth-order valence-corrected chi connectivity index (χ4v) is 2.67. The first-order chi connectivity index (χ1) is 9.54. The van der Waals surface area contributed by atoms with Crippen LogP contribution < -0.4 is 5.32 Å². The quantitative estimate of drug-likeness (QED) is 0.917. The summed E-state index contributed by atoms with van der Waals surface area (Å²) in [7, 11) is 0. The molecule has 1 aromatic rings. The number of benzene rings is 1. The maximum absolute atomic E-state index is 12.0. The van der Waals surface area contributed by atoms with E-state index in [-0.39, 0.29) is 17.9 Å². The van der Waals surface area contributed by atoms with E-state index in [1.807, 2.05) is 29.2 Å². The highest BCUT2D eigenvalue weighted by Crippen LogP contribution is 2.12. The van der Waals surface area contributed by atoms with E-state index in [0.717, 1.165) is 36.0 Å². The van der Waals surface area contributed by atoms with E-state index >= 15 is 0 Å². The monoisotopic (exact) mass is 338 g/mol. The molecule has 0 atom stereocenters. The molecule has 1 fully saturated rings. The molecule has 108 valence electrons. The number of rotatable bonds is 3. The molecule has 1 aliphatic heterocycles. The Labute approximate surface area is 127 Å². The molecule has 2 rings (SSSR count). The molecule has 1 heterocycles. The molecule has 0 aliphatic carbocycles. The van der Waals surface area contributed by atoms with Gasteiger partial charge in [-0.2, -0.15) is 0 Å². The van der Waals surface area contributed by atoms with Crippen LogP contribution in [0.4, 0.5) is 0 Å². The molecule has 4 nitrogen and oxygen atoms in total. The summed E-state index contributed by atoms with van der Waals surface area (Å²) in [5, 5.41) is 3.05. The molecule has 0 aromatic heterocycles. The lowest BCUT2D eigenvalue weighted by atomic mass is 10.0. The molecule has 0 unspecified atom stereocenters. The number of carbonyl (C=O) groups excluding carboxylic acids is 2. The van der Waals surface area contributed by atoms with E-state index in [0.29, 0.717) is 6.42 Å². The molecule has 2 amide bonds. The highest BCUT2D eigenvalue weighted by Gasteiger charge is 2.21. The van der Waals surface area contributed by atoms with Crippen molar-refractivity contribution in [1.82, 2.24) is 10.2 Å². The minimum Gasteiger partial charge on any atom is -0.353 e. The lowest BCUT2D eigenvalue weighted by Gasteiger charge is -2.31. The average Bonchev–Trinajstić information content (AvgIpc) is 2.42. The second kappa shape index (κ2) is 6.88. The van der Waals surface area contributed by atoms with Crippen LogP contribution >= 0.6 is 15.9 Å². The van der Waals surface area contributed by atoms with Crippen molar-refractivity contribution in [1.29, 1.82) is 0 Å². The van der Waals surface area contributed by atoms with Crippen molar-refractivity contribution in [2.75, 3.05) is 13.1 Å². The molecule has 0 spiro atoms. The minimum atomic E-state index is 0.0496. The van der Waals surface area contributed by atoms with E-state index in [2.05, 4.69) is 21.2 Å². The Kier molecular flexibility index (Phi) is 5.17. The Morgan fingerprint density at radius 2 is 1.85 bits per heavy atom. The van der Waals surface area contributed by atoms with Gasteiger partial charge in [0, 0.05) is 30.5 Å². The summed E-state index contributed by atoms with van der Waals surface area (Å²) >= 11 is 3.38. The van der Waals surface area contributed by atoms with E-state index in [4.69, 9.17) is 0 Å². The van der Waals surface area contributed by atoms with Crippen molar-refractivity contribution in [3.8, 4) is 0 Å². The largest absolute Gasteiger partial charge is 0.353 e. The molecule has 0 bridgehead atoms. The van der Waals surface area contributed by atoms with Crippen LogP contribution in [0.15, 0.2) is 28.7 Å². The van der Waals surface area contributed by atoms with Gasteiger partial charge in [0.1, 0.15) is 0 Å². The second-order valence-corrected chi connectivity index (χ2v) is 6.07. The molecular weight excluding hydrogens is 320 g/mol. The zero-order valence-corrected chi connectivity index (χ0v) is 13.1. The third-order valence-corrected chi connectivity index (χ3v) is 4.11. The third-order valence-electron chi connectivity index (χ3n) is 3.58. The van der Waals surface area contributed by atoms with Crippen molar-refractivity contribution in [3.63, 3.8) is 0 Å². The number of nitrogens with one attached hydrogen (secondary N) is 1. The van der Waals surface area contributed by atoms with Gasteiger partial charge in [0.2, 0.25) is 11.8 Å². The van der Waals surface area contributed by atoms with E-state index in [1.165, 1.54) is 0 Å². The van der Waals surface area contributed by atoms with E-state index in [9.17, 15) is 9.59 Å². The molecule has 0 saturated carbocycles. The van der Waals surface area contributed by atoms with Crippen LogP contribution in [0, 0.1) is 0 Å². The normalized spacial score (nSPS) is 16.0. The number of amides is 2. The lowest BCUT2D eigenvalue weighted by molar-refractivity contribution is -0.130. The maximum atomic E-state index is 12.0. The van der Waals surface area contributed by atoms with Gasteiger partial charge in [0.05, 0.1) is 6.42 Å². The molecule has 5 heteroatoms. The summed E-state index contributed by atoms with van der Waals surface area (Å²) < 4.78 is 1.01. The van der Waals surface area contributed by atoms with Gasteiger partial charge < -0.3 is 10.2 Å². The summed E-state index contributed by atoms with van der Waals surface area (Å²) in [4.78, 5) is 25.0. The van der Waals surface area contributed by atoms with Gasteiger partial charge in [-0.15, -0.1) is 0 Å². The van der Waals surface area contributed by atoms with Gasteiger partial charge in [-0.1, -0.05) is 28.1 Å². The fourth-order valence-electron chi connectivity index (χ4n) is 2.41. The average molecular weight is 339 g/mol. The minimum absolute atomic E-state index is 0.0496. The number of carbonyl (C=O) groups is 2. The fraction of sp³-hybridized carbons (Fsp3) is 0.467. The van der Waals surface area contributed by atoms with Crippen molar-refractivity contribution in [3.05, 3.63) is 34.3 Å². The summed E-state index contributed by atoms with van der Waals surface area (Å²) in [6.45, 7) is 3.06. The van der Waals surface area contributed by atoms with E-state index < -0.39 is 0 Å². The smallest absolute Gasteiger partial charge is 0.224 e. The second-order valence-electron chi connectivity index (χ2n) is 5.15. The summed E-state index contributed by atoms with van der Waals surface area (Å²) in [6.07, 6.45) is 2.08. The summed E-state index contributed by atoms with van der Waals surface area (Å²) in [6, 6.07) is 7.96. The number of hydrogen-bond acceptors (Lipinski definition) is 2. The van der Waals surface area contributed by atoms with Crippen molar-refractivity contribution >= 4 is 27.7 Å². The summed E-state index contributed by atoms with van der Waals surface area (Å²) in [5.41, 5.74) is 1.01. The maximum Gasteiger partial charge on any atom is 0.224 e. The first-order valence-electron chi connectivity index (χ1n) is 6.84. The number of nitrogens with zero attached hydrogens (tertiary/aromatic N) is 1. The van der Waals surface area contributed by atoms with Gasteiger partial charge in [-0.3, -0.25) is 9.59 Å². The standard InChI is InChI=1S/C15H19BrN2O2/c1-11(19)18-8-6-14(7-9-18)17-15(20)10-12-2-4-13(16)5-3-12/h2-5,14H,6-10H2,1H3,(H,17,20). The van der Waals surface area contributed by atoms with Crippen LogP contribution in [0.25, 0.3) is 0 Å². The number of hydrogen-bond donors (Lipinski definition) is 1. The molecule has 1 aliphatic rings. The Balaban J connectivity index is 1.78. The summed E-state index contributed by atoms with van der Waals surface area (Å²) in [5.74, 6) is 0.165. The SMILES string of the molecule is CC(=O)N1CCC(NC(=O)Cc2ccc(Br)cc2)CC1. The van der Waals surface area contributed by atoms with Crippen molar-refractivity contribution in [2.45, 2.75) is 32.2 Å². The predicted octanol–water partition coefficient (Wildman–Crippen LogP) is 2.12. The Morgan fingerprint density at radius 1 is 1.25 bits per heavy atom. The molecule has 1 aromatic carbocycles. The van der Waals surface area contributed by atoms with Crippen molar-refractivity contribution < 1.29 is 9.59 Å². The van der Waals surface area contributed by atoms with Gasteiger partial charge >= 0.3 is 0 Å². The highest BCUT2D eigenvalue weighted by atomic mass is 79.9. The van der Waals surface area contributed by atoms with Crippen LogP contribution in [-0.4, -0.2) is 35.8 Å². The topological polar surface area (TPSA) is 49.4 Å². The highest BCUT2D eigenvalue weighted by molar-refractivity contribution is 9.10. The van der Waals surface area contributed by atoms with Gasteiger partial charge in [0.25, 0.3) is 0 Å².